The minimum atomic E-state index is -5.24. The van der Waals surface area contributed by atoms with Gasteiger partial charge < -0.3 is 39.5 Å². The van der Waals surface area contributed by atoms with Gasteiger partial charge in [-0.05, 0) is 38.3 Å². The van der Waals surface area contributed by atoms with E-state index >= 15 is 0 Å². The van der Waals surface area contributed by atoms with Crippen LogP contribution in [0.25, 0.3) is 11.2 Å². The highest BCUT2D eigenvalue weighted by atomic mass is 19.4. The van der Waals surface area contributed by atoms with Gasteiger partial charge in [0.2, 0.25) is 5.95 Å². The molecule has 7 rings (SSSR count). The Hall–Kier alpha value is -5.00. The first kappa shape index (κ1) is 36.4. The molecule has 6 atom stereocenters. The zero-order valence-corrected chi connectivity index (χ0v) is 29.2. The fraction of sp³-hybridized carbons (Fsp3) is 0.472. The van der Waals surface area contributed by atoms with Crippen LogP contribution in [0.1, 0.15) is 50.5 Å². The van der Waals surface area contributed by atoms with Gasteiger partial charge in [0.05, 0.1) is 18.4 Å². The maximum Gasteiger partial charge on any atom is 0.490 e. The number of fused-ring (bicyclic) bond motifs is 3. The van der Waals surface area contributed by atoms with Gasteiger partial charge in [-0.3, -0.25) is 4.57 Å². The first-order valence-corrected chi connectivity index (χ1v) is 17.3. The second kappa shape index (κ2) is 14.1. The normalized spacial score (nSPS) is 24.3. The number of hydrogen-bond acceptors (Lipinski definition) is 12. The number of alkyl halides is 3. The molecule has 282 valence electrons. The summed E-state index contributed by atoms with van der Waals surface area (Å²) in [4.78, 5) is 42.3. The first-order valence-electron chi connectivity index (χ1n) is 17.3. The van der Waals surface area contributed by atoms with E-state index in [0.717, 1.165) is 11.1 Å². The maximum absolute atomic E-state index is 13.0. The van der Waals surface area contributed by atoms with Crippen molar-refractivity contribution < 1.29 is 47.2 Å². The van der Waals surface area contributed by atoms with E-state index in [1.807, 2.05) is 86.3 Å². The molecule has 3 fully saturated rings. The van der Waals surface area contributed by atoms with Crippen molar-refractivity contribution in [3.05, 3.63) is 78.1 Å². The summed E-state index contributed by atoms with van der Waals surface area (Å²) >= 11 is 0. The fourth-order valence-electron chi connectivity index (χ4n) is 7.13. The van der Waals surface area contributed by atoms with Crippen molar-refractivity contribution >= 4 is 35.0 Å². The zero-order valence-electron chi connectivity index (χ0n) is 29.2. The third-order valence-corrected chi connectivity index (χ3v) is 9.63. The molecule has 2 aromatic carbocycles. The van der Waals surface area contributed by atoms with Crippen LogP contribution in [-0.4, -0.2) is 115 Å². The van der Waals surface area contributed by atoms with Gasteiger partial charge in [0.25, 0.3) is 0 Å². The Morgan fingerprint density at radius 3 is 2.21 bits per heavy atom. The number of ether oxygens (including phenoxy) is 3. The van der Waals surface area contributed by atoms with E-state index in [2.05, 4.69) is 15.0 Å². The Morgan fingerprint density at radius 1 is 0.962 bits per heavy atom. The van der Waals surface area contributed by atoms with Crippen molar-refractivity contribution in [2.75, 3.05) is 36.5 Å². The summed E-state index contributed by atoms with van der Waals surface area (Å²) in [6.07, 6.45) is -9.77. The van der Waals surface area contributed by atoms with Crippen LogP contribution < -0.4 is 10.2 Å². The number of anilines is 2. The average Bonchev–Trinajstić information content (AvgIpc) is 3.90. The molecule has 1 amide bonds. The number of carbonyl (C=O) groups excluding carboxylic acids is 2. The van der Waals surface area contributed by atoms with Crippen LogP contribution in [0.4, 0.5) is 29.7 Å². The Labute approximate surface area is 302 Å². The Balaban J connectivity index is 1.21. The van der Waals surface area contributed by atoms with Gasteiger partial charge in [-0.25, -0.2) is 14.6 Å². The molecule has 14 nitrogen and oxygen atoms in total. The summed E-state index contributed by atoms with van der Waals surface area (Å²) in [5, 5.41) is 25.2. The van der Waals surface area contributed by atoms with Crippen LogP contribution in [-0.2, 0) is 19.0 Å². The number of esters is 1. The Bertz CT molecular complexity index is 1900. The molecule has 0 spiro atoms. The molecule has 3 N–H and O–H groups in total. The smallest absolute Gasteiger partial charge is 0.456 e. The molecule has 3 saturated heterocycles. The van der Waals surface area contributed by atoms with Crippen molar-refractivity contribution in [1.82, 2.24) is 24.4 Å². The van der Waals surface area contributed by atoms with Gasteiger partial charge in [-0.2, -0.15) is 23.1 Å². The number of aliphatic hydroxyl groups excluding tert-OH is 2. The third-order valence-electron chi connectivity index (χ3n) is 9.63. The number of benzene rings is 2. The van der Waals surface area contributed by atoms with E-state index in [1.165, 1.54) is 10.9 Å². The monoisotopic (exact) mass is 739 g/mol. The molecular weight excluding hydrogens is 699 g/mol. The molecule has 2 bridgehead atoms. The molecule has 17 heteroatoms. The number of likely N-dealkylation sites (tertiary alicyclic amines) is 1. The number of nitrogens with zero attached hydrogens (tertiary/aromatic N) is 6. The van der Waals surface area contributed by atoms with Gasteiger partial charge in [0, 0.05) is 25.6 Å². The number of amides is 1. The van der Waals surface area contributed by atoms with E-state index in [-0.39, 0.29) is 23.6 Å². The van der Waals surface area contributed by atoms with Gasteiger partial charge in [-0.15, -0.1) is 0 Å². The number of hydrogen-bond donors (Lipinski definition) is 3. The number of piperazine rings is 1. The number of aromatic nitrogens is 4. The van der Waals surface area contributed by atoms with Crippen LogP contribution in [0, 0.1) is 0 Å². The molecule has 2 unspecified atom stereocenters. The Kier molecular flexibility index (Phi) is 9.67. The topological polar surface area (TPSA) is 164 Å². The minimum absolute atomic E-state index is 0.0894. The van der Waals surface area contributed by atoms with Crippen LogP contribution in [0.5, 0.6) is 0 Å². The van der Waals surface area contributed by atoms with Gasteiger partial charge in [0.1, 0.15) is 30.5 Å². The quantitative estimate of drug-likeness (QED) is 0.212. The van der Waals surface area contributed by atoms with E-state index in [1.54, 1.807) is 4.90 Å². The standard InChI is InChI=1S/C36H40F3N7O7/c1-35(2,3)53-34(50)45-17-22-14-23(45)16-44(22)33-42-29(40-15-24(20-10-6-4-7-11-20)21-12-8-5-9-13-21)26-30(43-33)46(19-41-26)31-28(48)27(47)25(52-31)18-51-32(49)36(37,38)39/h4-13,19,22-25,27-28,31,47-48H,14-18H2,1-3H3,(H,40,42,43)/t22?,23?,25-,27-,28-,31-/m1/s1. The molecule has 5 heterocycles. The van der Waals surface area contributed by atoms with Crippen molar-refractivity contribution in [3.63, 3.8) is 0 Å². The lowest BCUT2D eigenvalue weighted by atomic mass is 9.91. The minimum Gasteiger partial charge on any atom is -0.456 e. The van der Waals surface area contributed by atoms with E-state index in [0.29, 0.717) is 43.3 Å². The average molecular weight is 740 g/mol. The lowest BCUT2D eigenvalue weighted by Gasteiger charge is -2.35. The van der Waals surface area contributed by atoms with E-state index in [9.17, 15) is 33.0 Å². The number of carbonyl (C=O) groups is 2. The predicted octanol–water partition coefficient (Wildman–Crippen LogP) is 3.99. The first-order chi connectivity index (χ1) is 25.2. The summed E-state index contributed by atoms with van der Waals surface area (Å²) in [5.41, 5.74) is 2.00. The maximum atomic E-state index is 13.0. The van der Waals surface area contributed by atoms with Crippen molar-refractivity contribution in [1.29, 1.82) is 0 Å². The molecule has 0 radical (unpaired) electrons. The Morgan fingerprint density at radius 2 is 1.62 bits per heavy atom. The molecule has 2 aromatic heterocycles. The van der Waals surface area contributed by atoms with Crippen LogP contribution in [0.2, 0.25) is 0 Å². The van der Waals surface area contributed by atoms with Crippen molar-refractivity contribution in [2.45, 2.75) is 81.5 Å². The SMILES string of the molecule is CC(C)(C)OC(=O)N1CC2CC1CN2c1nc(NCC(c2ccccc2)c2ccccc2)c2ncn([C@@H]3O[C@H](COC(=O)C(F)(F)F)[C@@H](O)[C@H]3O)c2n1. The number of halogens is 3. The zero-order chi connectivity index (χ0) is 37.7. The van der Waals surface area contributed by atoms with Crippen LogP contribution in [0.3, 0.4) is 0 Å². The van der Waals surface area contributed by atoms with Crippen LogP contribution in [0.15, 0.2) is 67.0 Å². The molecule has 3 aliphatic heterocycles. The molecule has 53 heavy (non-hydrogen) atoms. The highest BCUT2D eigenvalue weighted by Crippen LogP contribution is 2.38. The highest BCUT2D eigenvalue weighted by molar-refractivity contribution is 5.85. The van der Waals surface area contributed by atoms with Crippen molar-refractivity contribution in [3.8, 4) is 0 Å². The molecule has 0 saturated carbocycles. The summed E-state index contributed by atoms with van der Waals surface area (Å²) in [6, 6.07) is 19.7. The van der Waals surface area contributed by atoms with Gasteiger partial charge >= 0.3 is 18.2 Å². The number of nitrogens with one attached hydrogen (secondary N) is 1. The second-order valence-corrected chi connectivity index (χ2v) is 14.4. The predicted molar refractivity (Wildman–Crippen MR) is 184 cm³/mol. The van der Waals surface area contributed by atoms with Gasteiger partial charge in [-0.1, -0.05) is 60.7 Å². The summed E-state index contributed by atoms with van der Waals surface area (Å²) < 4.78 is 55.4. The highest BCUT2D eigenvalue weighted by Gasteiger charge is 2.49. The summed E-state index contributed by atoms with van der Waals surface area (Å²) in [7, 11) is 0. The summed E-state index contributed by atoms with van der Waals surface area (Å²) in [6.45, 7) is 5.71. The van der Waals surface area contributed by atoms with E-state index in [4.69, 9.17) is 19.4 Å². The number of aliphatic hydroxyl groups is 2. The molecule has 4 aromatic rings. The molecule has 0 aliphatic carbocycles. The second-order valence-electron chi connectivity index (χ2n) is 14.4. The van der Waals surface area contributed by atoms with E-state index < -0.39 is 55.0 Å². The fourth-order valence-corrected chi connectivity index (χ4v) is 7.13. The lowest BCUT2D eigenvalue weighted by Crippen LogP contribution is -2.50. The van der Waals surface area contributed by atoms with Gasteiger partial charge in [0.15, 0.2) is 23.2 Å². The number of imidazole rings is 1. The van der Waals surface area contributed by atoms with Crippen LogP contribution >= 0.6 is 0 Å². The summed E-state index contributed by atoms with van der Waals surface area (Å²) in [5.74, 6) is -1.84. The van der Waals surface area contributed by atoms with Crippen molar-refractivity contribution in [2.24, 2.45) is 0 Å². The lowest BCUT2D eigenvalue weighted by molar-refractivity contribution is -0.203. The molecular formula is C36H40F3N7O7. The molecule has 3 aliphatic rings. The number of rotatable bonds is 9. The third kappa shape index (κ3) is 7.45. The largest absolute Gasteiger partial charge is 0.490 e.